The van der Waals surface area contributed by atoms with Gasteiger partial charge in [-0.3, -0.25) is 13.7 Å². The zero-order valence-corrected chi connectivity index (χ0v) is 31.7. The number of pyridine rings is 1. The van der Waals surface area contributed by atoms with Crippen LogP contribution in [0, 0.1) is 11.7 Å². The highest BCUT2D eigenvalue weighted by Crippen LogP contribution is 2.37. The van der Waals surface area contributed by atoms with Crippen LogP contribution < -0.4 is 9.30 Å². The van der Waals surface area contributed by atoms with E-state index in [4.69, 9.17) is 28.9 Å². The number of nitrogens with zero attached hydrogens (tertiary/aromatic N) is 4. The van der Waals surface area contributed by atoms with E-state index in [0.717, 1.165) is 12.0 Å². The first-order chi connectivity index (χ1) is 34.2. The van der Waals surface area contributed by atoms with Crippen molar-refractivity contribution in [1.29, 1.82) is 0 Å². The van der Waals surface area contributed by atoms with Crippen LogP contribution in [0.4, 0.5) is 0 Å². The van der Waals surface area contributed by atoms with Crippen molar-refractivity contribution >= 4 is 32.8 Å². The molecule has 7 aromatic carbocycles. The van der Waals surface area contributed by atoms with Gasteiger partial charge in [0.2, 0.25) is 0 Å². The molecule has 3 heterocycles. The van der Waals surface area contributed by atoms with Crippen LogP contribution in [0.25, 0.3) is 72.3 Å². The fourth-order valence-electron chi connectivity index (χ4n) is 7.50. The number of para-hydroxylation sites is 4. The lowest BCUT2D eigenvalue weighted by molar-refractivity contribution is -0.571. The third-order valence-corrected chi connectivity index (χ3v) is 9.82. The van der Waals surface area contributed by atoms with E-state index in [2.05, 4.69) is 27.1 Å². The summed E-state index contributed by atoms with van der Waals surface area (Å²) in [6.45, 7) is 6.40. The molecule has 0 N–H and O–H groups in total. The van der Waals surface area contributed by atoms with Gasteiger partial charge in [-0.25, -0.2) is 4.98 Å². The van der Waals surface area contributed by atoms with Gasteiger partial charge < -0.3 is 4.74 Å². The summed E-state index contributed by atoms with van der Waals surface area (Å²) >= 11 is 0. The van der Waals surface area contributed by atoms with Gasteiger partial charge in [-0.2, -0.15) is 0 Å². The van der Waals surface area contributed by atoms with E-state index >= 15 is 0 Å². The summed E-state index contributed by atoms with van der Waals surface area (Å²) in [6.07, 6.45) is 5.82. The molecule has 0 radical (unpaired) electrons. The summed E-state index contributed by atoms with van der Waals surface area (Å²) < 4.78 is 134. The van der Waals surface area contributed by atoms with E-state index < -0.39 is 60.4 Å². The molecule has 0 saturated heterocycles. The molecule has 0 saturated carbocycles. The Kier molecular flexibility index (Phi) is 5.72. The molecule has 0 aliphatic rings. The average Bonchev–Trinajstić information content (AvgIpc) is 3.91. The van der Waals surface area contributed by atoms with E-state index in [1.807, 2.05) is 30.3 Å². The van der Waals surface area contributed by atoms with Crippen LogP contribution in [0.1, 0.15) is 45.5 Å². The Balaban J connectivity index is 1.15. The molecule has 0 unspecified atom stereocenters. The molecule has 10 rings (SSSR count). The molecule has 5 nitrogen and oxygen atoms in total. The molecule has 5 heteroatoms. The molecule has 58 heavy (non-hydrogen) atoms. The van der Waals surface area contributed by atoms with Crippen LogP contribution in [0.2, 0.25) is 0 Å². The smallest absolute Gasteiger partial charge is 0.269 e. The van der Waals surface area contributed by atoms with E-state index in [1.54, 1.807) is 86.6 Å². The Morgan fingerprint density at radius 2 is 1.33 bits per heavy atom. The van der Waals surface area contributed by atoms with Crippen molar-refractivity contribution in [1.82, 2.24) is 14.1 Å². The first-order valence-corrected chi connectivity index (χ1v) is 18.7. The highest BCUT2D eigenvalue weighted by molar-refractivity contribution is 6.09. The number of ether oxygens (including phenoxy) is 1. The van der Waals surface area contributed by atoms with Crippen molar-refractivity contribution in [3.05, 3.63) is 200 Å². The summed E-state index contributed by atoms with van der Waals surface area (Å²) in [5.41, 5.74) is 3.48. The predicted octanol–water partition coefficient (Wildman–Crippen LogP) is 12.9. The second kappa shape index (κ2) is 14.4. The van der Waals surface area contributed by atoms with Crippen LogP contribution in [0.5, 0.6) is 11.5 Å². The monoisotopic (exact) mass is 764 g/mol. The molecule has 280 valence electrons. The molecular formula is C53H42N4O. The SMILES string of the molecule is [2H]c1c([2H])c([2H])c(-c2cccc(-c3c([2H])c([2H])c([2H])c([2H])c3[2H])c2-[n+]2[c-]n(-c3cccc(Oc4ccc5c6c([2H])c([2H])c([2H])c([2H])c6n(-c6cc(CC(C)(C)C)ccn6)c5c4)c3)c3ccccc32)c([2H])c1[2H]. The number of rotatable bonds is 8. The van der Waals surface area contributed by atoms with Crippen molar-refractivity contribution in [2.45, 2.75) is 27.2 Å². The van der Waals surface area contributed by atoms with Gasteiger partial charge in [0, 0.05) is 23.0 Å². The van der Waals surface area contributed by atoms with Crippen LogP contribution >= 0.6 is 0 Å². The first-order valence-electron chi connectivity index (χ1n) is 25.7. The van der Waals surface area contributed by atoms with Gasteiger partial charge in [0.25, 0.3) is 6.33 Å². The van der Waals surface area contributed by atoms with E-state index in [-0.39, 0.29) is 63.0 Å². The van der Waals surface area contributed by atoms with Crippen LogP contribution in [0.3, 0.4) is 0 Å². The van der Waals surface area contributed by atoms with Crippen molar-refractivity contribution in [3.8, 4) is 50.9 Å². The lowest BCUT2D eigenvalue weighted by Crippen LogP contribution is -2.31. The number of benzene rings is 7. The number of hydrogen-bond donors (Lipinski definition) is 0. The minimum Gasteiger partial charge on any atom is -0.458 e. The third kappa shape index (κ3) is 6.50. The number of fused-ring (bicyclic) bond motifs is 4. The van der Waals surface area contributed by atoms with Gasteiger partial charge >= 0.3 is 0 Å². The first kappa shape index (κ1) is 23.1. The van der Waals surface area contributed by atoms with Crippen molar-refractivity contribution in [2.75, 3.05) is 0 Å². The molecule has 0 bridgehead atoms. The summed E-state index contributed by atoms with van der Waals surface area (Å²) in [7, 11) is 0. The molecule has 0 fully saturated rings. The van der Waals surface area contributed by atoms with Crippen molar-refractivity contribution in [2.24, 2.45) is 5.41 Å². The Labute approximate surface area is 358 Å². The summed E-state index contributed by atoms with van der Waals surface area (Å²) in [5.74, 6) is 1.25. The lowest BCUT2D eigenvalue weighted by atomic mass is 9.88. The highest BCUT2D eigenvalue weighted by Gasteiger charge is 2.20. The van der Waals surface area contributed by atoms with Crippen LogP contribution in [0.15, 0.2) is 188 Å². The minimum absolute atomic E-state index is 0.0426. The van der Waals surface area contributed by atoms with Gasteiger partial charge in [0.15, 0.2) is 0 Å². The van der Waals surface area contributed by atoms with Gasteiger partial charge in [0.1, 0.15) is 17.3 Å². The molecule has 0 aliphatic carbocycles. The number of hydrogen-bond acceptors (Lipinski definition) is 2. The van der Waals surface area contributed by atoms with Crippen LogP contribution in [-0.4, -0.2) is 14.1 Å². The maximum atomic E-state index is 9.04. The summed E-state index contributed by atoms with van der Waals surface area (Å²) in [4.78, 5) is 4.70. The fraction of sp³-hybridized carbons (Fsp3) is 0.0943. The second-order valence-corrected chi connectivity index (χ2v) is 15.1. The molecule has 3 aromatic heterocycles. The van der Waals surface area contributed by atoms with Gasteiger partial charge in [-0.15, -0.1) is 0 Å². The molecule has 0 atom stereocenters. The minimum atomic E-state index is -0.592. The third-order valence-electron chi connectivity index (χ3n) is 9.82. The fourth-order valence-corrected chi connectivity index (χ4v) is 7.50. The van der Waals surface area contributed by atoms with E-state index in [1.165, 1.54) is 0 Å². The summed E-state index contributed by atoms with van der Waals surface area (Å²) in [5, 5.41) is 0.921. The second-order valence-electron chi connectivity index (χ2n) is 15.1. The van der Waals surface area contributed by atoms with Crippen molar-refractivity contribution < 1.29 is 28.5 Å². The zero-order chi connectivity index (χ0) is 51.4. The zero-order valence-electron chi connectivity index (χ0n) is 45.7. The number of imidazole rings is 1. The highest BCUT2D eigenvalue weighted by atomic mass is 16.5. The molecule has 0 spiro atoms. The van der Waals surface area contributed by atoms with Gasteiger partial charge in [-0.1, -0.05) is 148 Å². The topological polar surface area (TPSA) is 35.9 Å². The maximum absolute atomic E-state index is 9.04. The Hall–Kier alpha value is -7.24. The Morgan fingerprint density at radius 1 is 0.638 bits per heavy atom. The number of aromatic nitrogens is 4. The predicted molar refractivity (Wildman–Crippen MR) is 236 cm³/mol. The van der Waals surface area contributed by atoms with E-state index in [9.17, 15) is 0 Å². The average molecular weight is 765 g/mol. The Morgan fingerprint density at radius 3 is 2.09 bits per heavy atom. The van der Waals surface area contributed by atoms with Crippen molar-refractivity contribution in [3.63, 3.8) is 0 Å². The molecular weight excluding hydrogens is 709 g/mol. The molecule has 0 amide bonds. The maximum Gasteiger partial charge on any atom is 0.269 e. The van der Waals surface area contributed by atoms with Gasteiger partial charge in [0.05, 0.1) is 52.6 Å². The van der Waals surface area contributed by atoms with Gasteiger partial charge in [-0.05, 0) is 88.2 Å². The quantitative estimate of drug-likeness (QED) is 0.114. The summed E-state index contributed by atoms with van der Waals surface area (Å²) in [6, 6.07) is 21.6. The molecule has 0 aliphatic heterocycles. The van der Waals surface area contributed by atoms with Crippen LogP contribution in [-0.2, 0) is 6.42 Å². The normalized spacial score (nSPS) is 15.2. The largest absolute Gasteiger partial charge is 0.458 e. The standard InChI is InChI=1S/C53H42N4O/c1-53(2,3)35-37-30-31-54-51(32-37)57-47-25-11-10-22-45(47)46-29-28-42(34-50(46)57)58-41-21-14-20-40(33-41)55-36-56(49-27-13-12-26-48(49)55)52-43(38-16-6-4-7-17-38)23-15-24-44(52)39-18-8-5-9-19-39/h4-34H,35H2,1-3H3/i4D,5D,6D,7D,8D,9D,10D,11D,16D,17D,18D,19D,22D,25D. The lowest BCUT2D eigenvalue weighted by Gasteiger charge is -2.18. The molecule has 10 aromatic rings. The Bertz CT molecular complexity index is 3790. The van der Waals surface area contributed by atoms with E-state index in [0.29, 0.717) is 50.3 Å².